The lowest BCUT2D eigenvalue weighted by atomic mass is 10.3. The van der Waals surface area contributed by atoms with Crippen molar-refractivity contribution in [2.75, 3.05) is 0 Å². The van der Waals surface area contributed by atoms with Crippen molar-refractivity contribution in [3.8, 4) is 0 Å². The van der Waals surface area contributed by atoms with Crippen molar-refractivity contribution in [3.05, 3.63) is 47.9 Å². The molecular weight excluding hydrogens is 496 g/mol. The van der Waals surface area contributed by atoms with E-state index in [0.29, 0.717) is 0 Å². The maximum Gasteiger partial charge on any atom is 0.178 e. The molecule has 0 saturated carbocycles. The molecule has 82 valence electrons. The molecule has 0 amide bonds. The van der Waals surface area contributed by atoms with Crippen molar-refractivity contribution in [3.63, 3.8) is 0 Å². The lowest BCUT2D eigenvalue weighted by Crippen LogP contribution is -1.74. The van der Waals surface area contributed by atoms with Crippen molar-refractivity contribution in [2.45, 2.75) is 0 Å². The Kier molecular flexibility index (Phi) is 4.42. The Morgan fingerprint density at radius 1 is 1.25 bits per heavy atom. The summed E-state index contributed by atoms with van der Waals surface area (Å²) in [6.07, 6.45) is 1.72. The van der Waals surface area contributed by atoms with Crippen molar-refractivity contribution >= 4 is 73.0 Å². The first kappa shape index (κ1) is 12.6. The third-order valence-electron chi connectivity index (χ3n) is 1.81. The van der Waals surface area contributed by atoms with Crippen LogP contribution in [-0.4, -0.2) is 6.21 Å². The van der Waals surface area contributed by atoms with Gasteiger partial charge in [-0.2, -0.15) is 0 Å². The van der Waals surface area contributed by atoms with Gasteiger partial charge in [0.05, 0.1) is 16.4 Å². The van der Waals surface area contributed by atoms with Crippen LogP contribution in [0.25, 0.3) is 0 Å². The van der Waals surface area contributed by atoms with Gasteiger partial charge in [-0.25, -0.2) is 0 Å². The summed E-state index contributed by atoms with van der Waals surface area (Å²) in [7, 11) is 0. The Balaban J connectivity index is 2.21. The fraction of sp³-hybridized carbons (Fsp3) is 0. The number of nitrogens with zero attached hydrogens (tertiary/aromatic N) is 1. The minimum Gasteiger partial charge on any atom is -0.448 e. The van der Waals surface area contributed by atoms with Crippen LogP contribution in [0.1, 0.15) is 5.76 Å². The monoisotopic (exact) mass is 501 g/mol. The van der Waals surface area contributed by atoms with Crippen LogP contribution >= 0.6 is 61.1 Å². The molecule has 0 unspecified atom stereocenters. The molecule has 0 aliphatic carbocycles. The average molecular weight is 502 g/mol. The molecule has 0 aliphatic rings. The van der Waals surface area contributed by atoms with E-state index in [0.717, 1.165) is 19.7 Å². The van der Waals surface area contributed by atoms with Gasteiger partial charge in [-0.3, -0.25) is 4.99 Å². The van der Waals surface area contributed by atoms with E-state index in [4.69, 9.17) is 4.42 Å². The highest BCUT2D eigenvalue weighted by molar-refractivity contribution is 14.1. The van der Waals surface area contributed by atoms with Gasteiger partial charge in [0.1, 0.15) is 5.76 Å². The third kappa shape index (κ3) is 3.30. The molecule has 0 atom stereocenters. The van der Waals surface area contributed by atoms with Gasteiger partial charge in [-0.1, -0.05) is 6.07 Å². The zero-order chi connectivity index (χ0) is 11.5. The molecule has 1 heterocycles. The molecule has 0 spiro atoms. The van der Waals surface area contributed by atoms with Gasteiger partial charge < -0.3 is 4.42 Å². The van der Waals surface area contributed by atoms with Gasteiger partial charge >= 0.3 is 0 Å². The largest absolute Gasteiger partial charge is 0.448 e. The third-order valence-corrected chi connectivity index (χ3v) is 4.62. The van der Waals surface area contributed by atoms with E-state index in [1.165, 1.54) is 3.57 Å². The molecule has 5 heteroatoms. The van der Waals surface area contributed by atoms with Crippen LogP contribution in [0.4, 0.5) is 5.69 Å². The summed E-state index contributed by atoms with van der Waals surface area (Å²) in [5, 5.41) is 0. The molecule has 16 heavy (non-hydrogen) atoms. The van der Waals surface area contributed by atoms with Gasteiger partial charge in [0, 0.05) is 32.2 Å². The first-order chi connectivity index (χ1) is 7.65. The molecule has 0 radical (unpaired) electrons. The average Bonchev–Trinajstić information content (AvgIpc) is 2.56. The Morgan fingerprint density at radius 2 is 2.06 bits per heavy atom. The Labute approximate surface area is 129 Å². The minimum atomic E-state index is 0.745. The normalized spacial score (nSPS) is 11.2. The standard InChI is InChI=1S/C11H6BrI2NO/c12-10-5-9(16-11(10)14)6-15-8-3-1-2-7(13)4-8/h1-6H. The van der Waals surface area contributed by atoms with Gasteiger partial charge in [0.2, 0.25) is 0 Å². The zero-order valence-electron chi connectivity index (χ0n) is 7.95. The van der Waals surface area contributed by atoms with Gasteiger partial charge in [0.25, 0.3) is 0 Å². The van der Waals surface area contributed by atoms with Crippen LogP contribution in [0.2, 0.25) is 0 Å². The van der Waals surface area contributed by atoms with Crippen molar-refractivity contribution in [2.24, 2.45) is 4.99 Å². The van der Waals surface area contributed by atoms with Crippen LogP contribution in [0.15, 0.2) is 44.2 Å². The van der Waals surface area contributed by atoms with E-state index >= 15 is 0 Å². The van der Waals surface area contributed by atoms with E-state index in [9.17, 15) is 0 Å². The number of rotatable bonds is 2. The van der Waals surface area contributed by atoms with Crippen molar-refractivity contribution in [1.82, 2.24) is 0 Å². The van der Waals surface area contributed by atoms with Crippen LogP contribution in [-0.2, 0) is 0 Å². The molecular formula is C11H6BrI2NO. The zero-order valence-corrected chi connectivity index (χ0v) is 13.9. The van der Waals surface area contributed by atoms with E-state index in [-0.39, 0.29) is 0 Å². The van der Waals surface area contributed by atoms with Crippen LogP contribution in [0.3, 0.4) is 0 Å². The maximum atomic E-state index is 5.45. The van der Waals surface area contributed by atoms with E-state index < -0.39 is 0 Å². The highest BCUT2D eigenvalue weighted by atomic mass is 127. The molecule has 2 aromatic rings. The second-order valence-electron chi connectivity index (χ2n) is 3.01. The summed E-state index contributed by atoms with van der Waals surface area (Å²) >= 11 is 7.78. The number of halogens is 3. The summed E-state index contributed by atoms with van der Waals surface area (Å²) < 4.78 is 8.41. The maximum absolute atomic E-state index is 5.45. The molecule has 0 aliphatic heterocycles. The topological polar surface area (TPSA) is 25.5 Å². The highest BCUT2D eigenvalue weighted by Crippen LogP contribution is 2.23. The summed E-state index contributed by atoms with van der Waals surface area (Å²) in [6, 6.07) is 9.89. The van der Waals surface area contributed by atoms with E-state index in [2.05, 4.69) is 66.1 Å². The summed E-state index contributed by atoms with van der Waals surface area (Å²) in [4.78, 5) is 4.34. The lowest BCUT2D eigenvalue weighted by Gasteiger charge is -1.92. The van der Waals surface area contributed by atoms with Crippen molar-refractivity contribution in [1.29, 1.82) is 0 Å². The molecule has 2 nitrogen and oxygen atoms in total. The Morgan fingerprint density at radius 3 is 2.69 bits per heavy atom. The smallest absolute Gasteiger partial charge is 0.178 e. The fourth-order valence-corrected chi connectivity index (χ4v) is 2.36. The number of furan rings is 1. The number of hydrogen-bond donors (Lipinski definition) is 0. The molecule has 0 fully saturated rings. The first-order valence-corrected chi connectivity index (χ1v) is 7.34. The molecule has 0 N–H and O–H groups in total. The molecule has 0 saturated heterocycles. The molecule has 1 aromatic carbocycles. The first-order valence-electron chi connectivity index (χ1n) is 4.39. The van der Waals surface area contributed by atoms with Gasteiger partial charge in [-0.15, -0.1) is 0 Å². The van der Waals surface area contributed by atoms with Crippen LogP contribution in [0, 0.1) is 7.34 Å². The van der Waals surface area contributed by atoms with Crippen LogP contribution in [0.5, 0.6) is 0 Å². The Bertz CT molecular complexity index is 517. The fourth-order valence-electron chi connectivity index (χ4n) is 1.12. The summed E-state index contributed by atoms with van der Waals surface area (Å²) in [5.41, 5.74) is 0.925. The minimum absolute atomic E-state index is 0.745. The Hall–Kier alpha value is 0.110. The predicted molar refractivity (Wildman–Crippen MR) is 85.5 cm³/mol. The highest BCUT2D eigenvalue weighted by Gasteiger charge is 2.03. The number of benzene rings is 1. The van der Waals surface area contributed by atoms with Crippen molar-refractivity contribution < 1.29 is 4.42 Å². The summed E-state index contributed by atoms with van der Waals surface area (Å²) in [6.45, 7) is 0. The van der Waals surface area contributed by atoms with Gasteiger partial charge in [-0.05, 0) is 56.7 Å². The second kappa shape index (κ2) is 5.63. The molecule has 0 bridgehead atoms. The predicted octanol–water partition coefficient (Wildman–Crippen LogP) is 5.00. The number of aliphatic imine (C=N–C) groups is 1. The summed E-state index contributed by atoms with van der Waals surface area (Å²) in [5.74, 6) is 0.745. The molecule has 1 aromatic heterocycles. The molecule has 2 rings (SSSR count). The number of hydrogen-bond acceptors (Lipinski definition) is 2. The van der Waals surface area contributed by atoms with E-state index in [1.807, 2.05) is 30.3 Å². The van der Waals surface area contributed by atoms with Crippen LogP contribution < -0.4 is 0 Å². The van der Waals surface area contributed by atoms with Gasteiger partial charge in [0.15, 0.2) is 3.77 Å². The SMILES string of the molecule is Brc1cc(C=Nc2cccc(I)c2)oc1I. The lowest BCUT2D eigenvalue weighted by molar-refractivity contribution is 0.530. The van der Waals surface area contributed by atoms with E-state index in [1.54, 1.807) is 6.21 Å². The quantitative estimate of drug-likeness (QED) is 0.420. The second-order valence-corrected chi connectivity index (χ2v) is 6.09.